The number of rotatable bonds is 5. The van der Waals surface area contributed by atoms with Crippen molar-refractivity contribution in [3.05, 3.63) is 57.9 Å². The fraction of sp³-hybridized carbons (Fsp3) is 0.333. The topological polar surface area (TPSA) is 34.3 Å². The Balaban J connectivity index is 0.00000127. The van der Waals surface area contributed by atoms with Gasteiger partial charge in [-0.1, -0.05) is 45.3 Å². The van der Waals surface area contributed by atoms with Gasteiger partial charge in [-0.05, 0) is 48.8 Å². The van der Waals surface area contributed by atoms with Gasteiger partial charge in [0.05, 0.1) is 0 Å². The second kappa shape index (κ2) is 10.5. The number of phenols is 1. The van der Waals surface area contributed by atoms with Crippen molar-refractivity contribution in [2.24, 2.45) is 0 Å². The van der Waals surface area contributed by atoms with Crippen molar-refractivity contribution in [2.45, 2.75) is 34.2 Å². The van der Waals surface area contributed by atoms with E-state index in [4.69, 9.17) is 0 Å². The molecule has 2 aromatic rings. The summed E-state index contributed by atoms with van der Waals surface area (Å²) in [5.74, 6) is 0.431. The molecule has 1 N–H and O–H groups in total. The van der Waals surface area contributed by atoms with Crippen LogP contribution < -0.4 is 10.6 Å². The van der Waals surface area contributed by atoms with Crippen molar-refractivity contribution >= 4 is 28.5 Å². The van der Waals surface area contributed by atoms with E-state index in [0.717, 1.165) is 24.0 Å². The molecule has 2 aromatic carbocycles. The van der Waals surface area contributed by atoms with Crippen LogP contribution in [0.4, 0.5) is 0 Å². The Labute approximate surface area is 157 Å². The average Bonchev–Trinajstić information content (AvgIpc) is 2.54. The van der Waals surface area contributed by atoms with Crippen LogP contribution in [0, 0.1) is 20.8 Å². The Morgan fingerprint density at radius 1 is 1.13 bits per heavy atom. The summed E-state index contributed by atoms with van der Waals surface area (Å²) in [5.41, 5.74) is 4.69. The molecule has 2 nitrogen and oxygen atoms in total. The van der Waals surface area contributed by atoms with Crippen LogP contribution >= 0.6 is 17.9 Å². The van der Waals surface area contributed by atoms with E-state index in [2.05, 4.69) is 59.7 Å². The summed E-state index contributed by atoms with van der Waals surface area (Å²) in [6.45, 7) is 9.83. The van der Waals surface area contributed by atoms with Crippen LogP contribution in [0.3, 0.4) is 0 Å². The van der Waals surface area contributed by atoms with Gasteiger partial charge in [0, 0.05) is 5.30 Å². The van der Waals surface area contributed by atoms with Crippen molar-refractivity contribution in [3.8, 4) is 5.75 Å². The zero-order valence-electron chi connectivity index (χ0n) is 14.1. The van der Waals surface area contributed by atoms with E-state index in [9.17, 15) is 5.11 Å². The van der Waals surface area contributed by atoms with E-state index in [1.807, 2.05) is 13.0 Å². The van der Waals surface area contributed by atoms with Gasteiger partial charge in [0.15, 0.2) is 0 Å². The predicted molar refractivity (Wildman–Crippen MR) is 99.8 cm³/mol. The standard InChI is InChI=1S/C18H23NOP.ClH.Ti/c1-5-19-11-15-8-6-7-13(3)18(15)21-16-10-12(2)9-14(4)17(16)20;;/h6-10,20-21H,5,11H2,1-4H3;1H;/q-1;;+2/p-1. The molecule has 1 atom stereocenters. The molecular weight excluding hydrogens is 360 g/mol. The quantitative estimate of drug-likeness (QED) is 0.597. The molecule has 5 heteroatoms. The number of benzene rings is 2. The van der Waals surface area contributed by atoms with Gasteiger partial charge in [-0.15, -0.1) is 6.54 Å². The molecule has 0 saturated carbocycles. The van der Waals surface area contributed by atoms with Crippen molar-refractivity contribution in [2.75, 3.05) is 6.54 Å². The van der Waals surface area contributed by atoms with Gasteiger partial charge in [-0.3, -0.25) is 0 Å². The number of halogens is 1. The molecule has 0 aliphatic heterocycles. The van der Waals surface area contributed by atoms with E-state index in [1.165, 1.54) is 41.4 Å². The molecule has 0 heterocycles. The minimum atomic E-state index is 0.431. The molecule has 122 valence electrons. The maximum absolute atomic E-state index is 10.3. The first-order valence-corrected chi connectivity index (χ1v) is 10.7. The van der Waals surface area contributed by atoms with Gasteiger partial charge in [-0.25, -0.2) is 0 Å². The molecule has 0 radical (unpaired) electrons. The first kappa shape index (κ1) is 20.7. The zero-order valence-corrected chi connectivity index (χ0v) is 17.4. The van der Waals surface area contributed by atoms with Crippen LogP contribution in [-0.4, -0.2) is 11.7 Å². The molecule has 2 rings (SSSR count). The van der Waals surface area contributed by atoms with Gasteiger partial charge < -0.3 is 10.4 Å². The normalized spacial score (nSPS) is 10.6. The molecule has 0 saturated heterocycles. The number of hydrogen-bond acceptors (Lipinski definition) is 1. The summed E-state index contributed by atoms with van der Waals surface area (Å²) in [6, 6.07) is 10.5. The Morgan fingerprint density at radius 2 is 1.83 bits per heavy atom. The van der Waals surface area contributed by atoms with Gasteiger partial charge in [0.25, 0.3) is 0 Å². The maximum atomic E-state index is 10.3. The number of nitrogens with zero attached hydrogens (tertiary/aromatic N) is 1. The fourth-order valence-corrected chi connectivity index (χ4v) is 3.95. The molecule has 0 spiro atoms. The van der Waals surface area contributed by atoms with E-state index in [1.54, 1.807) is 0 Å². The molecular formula is C18H23ClNOPTi. The van der Waals surface area contributed by atoms with Crippen LogP contribution in [0.5, 0.6) is 5.75 Å². The van der Waals surface area contributed by atoms with Crippen molar-refractivity contribution in [3.63, 3.8) is 0 Å². The molecule has 0 fully saturated rings. The third-order valence-electron chi connectivity index (χ3n) is 3.57. The third-order valence-corrected chi connectivity index (χ3v) is 5.19. The summed E-state index contributed by atoms with van der Waals surface area (Å²) < 4.78 is 0. The number of aromatic hydroxyl groups is 1. The molecule has 0 aliphatic rings. The zero-order chi connectivity index (χ0) is 17.4. The van der Waals surface area contributed by atoms with Gasteiger partial charge >= 0.3 is 28.7 Å². The number of aryl methyl sites for hydroxylation is 3. The summed E-state index contributed by atoms with van der Waals surface area (Å²) in [7, 11) is 5.11. The molecule has 0 aliphatic carbocycles. The van der Waals surface area contributed by atoms with E-state index in [-0.39, 0.29) is 0 Å². The second-order valence-electron chi connectivity index (χ2n) is 5.41. The molecule has 1 unspecified atom stereocenters. The fourth-order valence-electron chi connectivity index (χ4n) is 2.46. The number of phenolic OH excluding ortho intramolecular Hbond substituents is 1. The Kier molecular flexibility index (Phi) is 9.43. The molecule has 0 aromatic heterocycles. The summed E-state index contributed by atoms with van der Waals surface area (Å²) >= 11 is 1.47. The minimum absolute atomic E-state index is 0.431. The van der Waals surface area contributed by atoms with Crippen LogP contribution in [0.25, 0.3) is 5.32 Å². The van der Waals surface area contributed by atoms with Crippen molar-refractivity contribution in [1.82, 2.24) is 0 Å². The second-order valence-corrected chi connectivity index (χ2v) is 6.70. The van der Waals surface area contributed by atoms with Crippen LogP contribution in [0.15, 0.2) is 30.3 Å². The number of hydrogen-bond donors (Lipinski definition) is 1. The van der Waals surface area contributed by atoms with E-state index in [0.29, 0.717) is 14.3 Å². The van der Waals surface area contributed by atoms with Crippen LogP contribution in [0.1, 0.15) is 29.2 Å². The van der Waals surface area contributed by atoms with E-state index >= 15 is 0 Å². The van der Waals surface area contributed by atoms with Gasteiger partial charge in [0.2, 0.25) is 0 Å². The third kappa shape index (κ3) is 5.89. The SMILES string of the molecule is CC[N-]Cc1cccc(C)c1Pc1cc(C)cc(C)c1O.[Cl][Ti+]. The molecule has 0 amide bonds. The van der Waals surface area contributed by atoms with Crippen molar-refractivity contribution in [1.29, 1.82) is 0 Å². The predicted octanol–water partition coefficient (Wildman–Crippen LogP) is 4.53. The monoisotopic (exact) mass is 383 g/mol. The Hall–Kier alpha value is -0.366. The molecule has 0 bridgehead atoms. The first-order chi connectivity index (χ1) is 11.0. The summed E-state index contributed by atoms with van der Waals surface area (Å²) in [6.07, 6.45) is 0. The van der Waals surface area contributed by atoms with Gasteiger partial charge in [-0.2, -0.15) is 6.54 Å². The first-order valence-electron chi connectivity index (χ1n) is 7.50. The summed E-state index contributed by atoms with van der Waals surface area (Å²) in [5, 5.41) is 17.2. The van der Waals surface area contributed by atoms with Crippen molar-refractivity contribution < 1.29 is 24.5 Å². The van der Waals surface area contributed by atoms with Crippen LogP contribution in [-0.2, 0) is 25.9 Å². The molecule has 23 heavy (non-hydrogen) atoms. The Morgan fingerprint density at radius 3 is 2.48 bits per heavy atom. The van der Waals surface area contributed by atoms with Crippen LogP contribution in [0.2, 0.25) is 0 Å². The van der Waals surface area contributed by atoms with Gasteiger partial charge in [0.1, 0.15) is 5.75 Å². The summed E-state index contributed by atoms with van der Waals surface area (Å²) in [4.78, 5) is 0. The Bertz CT molecular complexity index is 649. The average molecular weight is 384 g/mol. The van der Waals surface area contributed by atoms with E-state index < -0.39 is 0 Å².